The predicted molar refractivity (Wildman–Crippen MR) is 136 cm³/mol. The Balaban J connectivity index is 1.36. The Morgan fingerprint density at radius 2 is 1.89 bits per heavy atom. The average Bonchev–Trinajstić information content (AvgIpc) is 3.53. The van der Waals surface area contributed by atoms with E-state index in [1.54, 1.807) is 18.3 Å². The van der Waals surface area contributed by atoms with E-state index < -0.39 is 5.91 Å². The summed E-state index contributed by atoms with van der Waals surface area (Å²) in [4.78, 5) is 25.1. The monoisotopic (exact) mass is 526 g/mol. The maximum Gasteiger partial charge on any atom is 0.281 e. The number of rotatable bonds is 11. The minimum Gasteiger partial charge on any atom is -0.489 e. The van der Waals surface area contributed by atoms with Crippen LogP contribution in [0.3, 0.4) is 0 Å². The van der Waals surface area contributed by atoms with Gasteiger partial charge in [0.25, 0.3) is 5.91 Å². The van der Waals surface area contributed by atoms with Gasteiger partial charge in [-0.25, -0.2) is 9.07 Å². The lowest BCUT2D eigenvalue weighted by Gasteiger charge is -2.04. The second-order valence-electron chi connectivity index (χ2n) is 7.49. The van der Waals surface area contributed by atoms with Crippen molar-refractivity contribution < 1.29 is 18.7 Å². The van der Waals surface area contributed by atoms with Crippen molar-refractivity contribution in [3.8, 4) is 11.4 Å². The first-order valence-electron chi connectivity index (χ1n) is 11.1. The van der Waals surface area contributed by atoms with Gasteiger partial charge >= 0.3 is 0 Å². The summed E-state index contributed by atoms with van der Waals surface area (Å²) in [6.07, 6.45) is 2.33. The highest BCUT2D eigenvalue weighted by Gasteiger charge is 2.21. The number of benzene rings is 2. The molecule has 0 bridgehead atoms. The molecular weight excluding hydrogens is 503 g/mol. The van der Waals surface area contributed by atoms with E-state index in [-0.39, 0.29) is 28.3 Å². The summed E-state index contributed by atoms with van der Waals surface area (Å²) in [6.45, 7) is 2.80. The summed E-state index contributed by atoms with van der Waals surface area (Å²) >= 11 is 2.38. The van der Waals surface area contributed by atoms with Crippen LogP contribution >= 0.6 is 23.1 Å². The molecule has 0 spiro atoms. The molecule has 12 heteroatoms. The van der Waals surface area contributed by atoms with E-state index in [4.69, 9.17) is 4.74 Å². The van der Waals surface area contributed by atoms with Gasteiger partial charge < -0.3 is 10.1 Å². The fourth-order valence-electron chi connectivity index (χ4n) is 3.01. The summed E-state index contributed by atoms with van der Waals surface area (Å²) in [5.74, 6) is -0.547. The molecule has 2 heterocycles. The van der Waals surface area contributed by atoms with Gasteiger partial charge in [0, 0.05) is 6.54 Å². The molecule has 2 aromatic carbocycles. The molecule has 0 aliphatic rings. The number of nitrogens with one attached hydrogen (secondary N) is 2. The number of anilines is 1. The summed E-state index contributed by atoms with van der Waals surface area (Å²) < 4.78 is 21.0. The van der Waals surface area contributed by atoms with Gasteiger partial charge in [-0.3, -0.25) is 14.9 Å². The van der Waals surface area contributed by atoms with Gasteiger partial charge in [0.05, 0.1) is 24.2 Å². The molecule has 0 saturated heterocycles. The number of hydrogen-bond acceptors (Lipinski definition) is 8. The summed E-state index contributed by atoms with van der Waals surface area (Å²) in [5, 5.41) is 18.1. The molecule has 4 aromatic rings. The standard InChI is InChI=1S/C24H23FN6O3S2/c1-2-12-34-19-14-31(18-10-8-17(25)9-11-18)30-21(19)22(33)27-23-28-29-24(36-23)35-15-20(32)26-13-16-6-4-3-5-7-16/h3-11,14H,2,12-13,15H2,1H3,(H,26,32)(H,27,28,33). The fourth-order valence-corrected chi connectivity index (χ4v) is 4.59. The molecule has 2 amide bonds. The molecule has 36 heavy (non-hydrogen) atoms. The third-order valence-electron chi connectivity index (χ3n) is 4.73. The normalized spacial score (nSPS) is 10.7. The smallest absolute Gasteiger partial charge is 0.281 e. The van der Waals surface area contributed by atoms with Crippen molar-refractivity contribution in [1.82, 2.24) is 25.3 Å². The highest BCUT2D eigenvalue weighted by atomic mass is 32.2. The van der Waals surface area contributed by atoms with Crippen LogP contribution in [0.1, 0.15) is 29.4 Å². The molecule has 0 fully saturated rings. The first kappa shape index (κ1) is 25.3. The molecular formula is C24H23FN6O3S2. The van der Waals surface area contributed by atoms with Gasteiger partial charge in [0.1, 0.15) is 5.82 Å². The molecule has 0 atom stereocenters. The Morgan fingerprint density at radius 3 is 2.64 bits per heavy atom. The Kier molecular flexibility index (Phi) is 8.63. The third kappa shape index (κ3) is 6.89. The summed E-state index contributed by atoms with van der Waals surface area (Å²) in [5.41, 5.74) is 1.66. The molecule has 186 valence electrons. The van der Waals surface area contributed by atoms with Gasteiger partial charge in [-0.15, -0.1) is 10.2 Å². The summed E-state index contributed by atoms with van der Waals surface area (Å²) in [7, 11) is 0. The highest BCUT2D eigenvalue weighted by Crippen LogP contribution is 2.27. The molecule has 0 aliphatic heterocycles. The van der Waals surface area contributed by atoms with Crippen molar-refractivity contribution in [3.05, 3.63) is 77.9 Å². The van der Waals surface area contributed by atoms with Crippen molar-refractivity contribution in [2.75, 3.05) is 17.7 Å². The Hall–Kier alpha value is -3.77. The van der Waals surface area contributed by atoms with E-state index in [0.717, 1.165) is 23.3 Å². The minimum atomic E-state index is -0.518. The van der Waals surface area contributed by atoms with Crippen molar-refractivity contribution >= 4 is 40.0 Å². The van der Waals surface area contributed by atoms with Gasteiger partial charge in [0.2, 0.25) is 11.0 Å². The second kappa shape index (κ2) is 12.3. The molecule has 0 unspecified atom stereocenters. The number of thioether (sulfide) groups is 1. The predicted octanol–water partition coefficient (Wildman–Crippen LogP) is 4.31. The topological polar surface area (TPSA) is 111 Å². The molecule has 0 saturated carbocycles. The maximum absolute atomic E-state index is 13.3. The first-order chi connectivity index (χ1) is 17.5. The van der Waals surface area contributed by atoms with Crippen LogP contribution in [-0.2, 0) is 11.3 Å². The second-order valence-corrected chi connectivity index (χ2v) is 9.69. The Bertz CT molecular complexity index is 1310. The highest BCUT2D eigenvalue weighted by molar-refractivity contribution is 8.01. The molecule has 9 nitrogen and oxygen atoms in total. The van der Waals surface area contributed by atoms with E-state index in [1.165, 1.54) is 28.6 Å². The zero-order valence-corrected chi connectivity index (χ0v) is 20.9. The van der Waals surface area contributed by atoms with Crippen molar-refractivity contribution in [2.24, 2.45) is 0 Å². The Morgan fingerprint density at radius 1 is 1.11 bits per heavy atom. The number of nitrogens with zero attached hydrogens (tertiary/aromatic N) is 4. The number of amides is 2. The molecule has 4 rings (SSSR count). The lowest BCUT2D eigenvalue weighted by Crippen LogP contribution is -2.24. The molecule has 0 aliphatic carbocycles. The van der Waals surface area contributed by atoms with E-state index >= 15 is 0 Å². The largest absolute Gasteiger partial charge is 0.489 e. The van der Waals surface area contributed by atoms with E-state index in [1.807, 2.05) is 37.3 Å². The van der Waals surface area contributed by atoms with Gasteiger partial charge in [-0.05, 0) is 36.2 Å². The van der Waals surface area contributed by atoms with Crippen molar-refractivity contribution in [3.63, 3.8) is 0 Å². The van der Waals surface area contributed by atoms with Crippen LogP contribution < -0.4 is 15.4 Å². The zero-order valence-electron chi connectivity index (χ0n) is 19.3. The Labute approximate surface area is 215 Å². The number of carbonyl (C=O) groups is 2. The number of ether oxygens (including phenoxy) is 1. The fraction of sp³-hybridized carbons (Fsp3) is 0.208. The van der Waals surface area contributed by atoms with Crippen LogP contribution in [0.5, 0.6) is 5.75 Å². The molecule has 2 aromatic heterocycles. The third-order valence-corrected chi connectivity index (χ3v) is 6.71. The summed E-state index contributed by atoms with van der Waals surface area (Å²) in [6, 6.07) is 15.4. The maximum atomic E-state index is 13.3. The minimum absolute atomic E-state index is 0.0671. The number of halogens is 1. The first-order valence-corrected chi connectivity index (χ1v) is 12.9. The number of hydrogen-bond donors (Lipinski definition) is 2. The van der Waals surface area contributed by atoms with Gasteiger partial charge in [-0.1, -0.05) is 60.4 Å². The van der Waals surface area contributed by atoms with Crippen LogP contribution in [-0.4, -0.2) is 44.2 Å². The van der Waals surface area contributed by atoms with E-state index in [0.29, 0.717) is 28.9 Å². The van der Waals surface area contributed by atoms with Crippen LogP contribution in [0.4, 0.5) is 9.52 Å². The number of carbonyl (C=O) groups excluding carboxylic acids is 2. The lowest BCUT2D eigenvalue weighted by atomic mass is 10.2. The van der Waals surface area contributed by atoms with Crippen LogP contribution in [0.2, 0.25) is 0 Å². The SMILES string of the molecule is CCCOc1cn(-c2ccc(F)cc2)nc1C(=O)Nc1nnc(SCC(=O)NCc2ccccc2)s1. The van der Waals surface area contributed by atoms with Crippen LogP contribution in [0.25, 0.3) is 5.69 Å². The van der Waals surface area contributed by atoms with Gasteiger partial charge in [0.15, 0.2) is 15.8 Å². The quantitative estimate of drug-likeness (QED) is 0.221. The number of aromatic nitrogens is 4. The average molecular weight is 527 g/mol. The van der Waals surface area contributed by atoms with E-state index in [9.17, 15) is 14.0 Å². The zero-order chi connectivity index (χ0) is 25.3. The van der Waals surface area contributed by atoms with Crippen molar-refractivity contribution in [2.45, 2.75) is 24.2 Å². The van der Waals surface area contributed by atoms with Crippen molar-refractivity contribution in [1.29, 1.82) is 0 Å². The van der Waals surface area contributed by atoms with Gasteiger partial charge in [-0.2, -0.15) is 5.10 Å². The molecule has 2 N–H and O–H groups in total. The van der Waals surface area contributed by atoms with Crippen LogP contribution in [0.15, 0.2) is 65.1 Å². The van der Waals surface area contributed by atoms with Crippen LogP contribution in [0, 0.1) is 5.82 Å². The van der Waals surface area contributed by atoms with E-state index in [2.05, 4.69) is 25.9 Å². The lowest BCUT2D eigenvalue weighted by molar-refractivity contribution is -0.118. The molecule has 0 radical (unpaired) electrons.